The summed E-state index contributed by atoms with van der Waals surface area (Å²) >= 11 is 1.73. The monoisotopic (exact) mass is 428 g/mol. The molecule has 1 saturated heterocycles. The molecule has 2 aromatic rings. The van der Waals surface area contributed by atoms with Crippen molar-refractivity contribution in [3.05, 3.63) is 46.2 Å². The van der Waals surface area contributed by atoms with Crippen molar-refractivity contribution >= 4 is 23.0 Å². The van der Waals surface area contributed by atoms with E-state index in [4.69, 9.17) is 10.5 Å². The van der Waals surface area contributed by atoms with Crippen LogP contribution in [0.1, 0.15) is 15.8 Å². The summed E-state index contributed by atoms with van der Waals surface area (Å²) in [5.74, 6) is -0.0972. The molecule has 3 N–H and O–H groups in total. The molecule has 10 heteroatoms. The Morgan fingerprint density at radius 1 is 1.24 bits per heavy atom. The minimum absolute atomic E-state index is 0.0977. The summed E-state index contributed by atoms with van der Waals surface area (Å²) in [6.07, 6.45) is -4.72. The molecule has 1 aliphatic heterocycles. The first kappa shape index (κ1) is 21.4. The Labute approximate surface area is 171 Å². The van der Waals surface area contributed by atoms with E-state index >= 15 is 0 Å². The molecule has 0 bridgehead atoms. The number of hydrogen-bond donors (Lipinski definition) is 2. The Hall–Kier alpha value is -2.30. The molecule has 1 unspecified atom stereocenters. The van der Waals surface area contributed by atoms with Crippen LogP contribution in [0.5, 0.6) is 5.75 Å². The Morgan fingerprint density at radius 2 is 1.93 bits per heavy atom. The highest BCUT2D eigenvalue weighted by Gasteiger charge is 2.31. The van der Waals surface area contributed by atoms with Crippen molar-refractivity contribution in [2.24, 2.45) is 10.7 Å². The molecule has 1 fully saturated rings. The van der Waals surface area contributed by atoms with Crippen LogP contribution >= 0.6 is 11.3 Å². The minimum Gasteiger partial charge on any atom is -0.406 e. The molecule has 1 aromatic heterocycles. The molecule has 158 valence electrons. The normalized spacial score (nSPS) is 17.2. The highest BCUT2D eigenvalue weighted by Crippen LogP contribution is 2.29. The first-order valence-corrected chi connectivity index (χ1v) is 9.93. The number of aliphatic imine (C=N–C) groups is 1. The van der Waals surface area contributed by atoms with Gasteiger partial charge in [-0.3, -0.25) is 9.89 Å². The molecule has 0 saturated carbocycles. The summed E-state index contributed by atoms with van der Waals surface area (Å²) in [6, 6.07) is 9.63. The molecule has 1 aliphatic rings. The van der Waals surface area contributed by atoms with Gasteiger partial charge in [0.1, 0.15) is 5.75 Å². The summed E-state index contributed by atoms with van der Waals surface area (Å²) in [5.41, 5.74) is 6.52. The number of hydrogen-bond acceptors (Lipinski definition) is 5. The van der Waals surface area contributed by atoms with Gasteiger partial charge in [0.05, 0.1) is 25.8 Å². The molecular formula is C19H23F3N4O2S. The van der Waals surface area contributed by atoms with Crippen LogP contribution in [0.4, 0.5) is 18.9 Å². The quantitative estimate of drug-likeness (QED) is 0.542. The van der Waals surface area contributed by atoms with Gasteiger partial charge in [0.15, 0.2) is 5.96 Å². The molecule has 0 amide bonds. The Kier molecular flexibility index (Phi) is 6.99. The fraction of sp³-hybridized carbons (Fsp3) is 0.421. The van der Waals surface area contributed by atoms with Crippen LogP contribution in [0.25, 0.3) is 0 Å². The molecule has 1 atom stereocenters. The van der Waals surface area contributed by atoms with E-state index in [-0.39, 0.29) is 17.8 Å². The molecular weight excluding hydrogens is 405 g/mol. The number of morpholine rings is 1. The Morgan fingerprint density at radius 3 is 2.52 bits per heavy atom. The predicted molar refractivity (Wildman–Crippen MR) is 107 cm³/mol. The van der Waals surface area contributed by atoms with Gasteiger partial charge in [-0.05, 0) is 43.3 Å². The van der Waals surface area contributed by atoms with Crippen molar-refractivity contribution in [3.63, 3.8) is 0 Å². The van der Waals surface area contributed by atoms with E-state index < -0.39 is 6.36 Å². The van der Waals surface area contributed by atoms with Gasteiger partial charge in [0.25, 0.3) is 0 Å². The van der Waals surface area contributed by atoms with Gasteiger partial charge in [-0.25, -0.2) is 0 Å². The molecule has 2 heterocycles. The van der Waals surface area contributed by atoms with Crippen LogP contribution in [0, 0.1) is 6.92 Å². The number of benzene rings is 1. The first-order chi connectivity index (χ1) is 13.8. The van der Waals surface area contributed by atoms with Crippen molar-refractivity contribution in [2.75, 3.05) is 38.2 Å². The fourth-order valence-electron chi connectivity index (χ4n) is 3.02. The number of ether oxygens (including phenoxy) is 2. The third-order valence-corrected chi connectivity index (χ3v) is 5.47. The van der Waals surface area contributed by atoms with Gasteiger partial charge >= 0.3 is 6.36 Å². The van der Waals surface area contributed by atoms with Crippen molar-refractivity contribution in [2.45, 2.75) is 19.3 Å². The number of rotatable bonds is 6. The SMILES string of the molecule is Cc1ccc(C(CN=C(N)Nc2ccc(OC(F)(F)F)cc2)N2CCOCC2)s1. The van der Waals surface area contributed by atoms with E-state index in [2.05, 4.69) is 39.0 Å². The van der Waals surface area contributed by atoms with E-state index in [1.54, 1.807) is 11.3 Å². The molecule has 3 rings (SSSR count). The standard InChI is InChI=1S/C19H23F3N4O2S/c1-13-2-7-17(29-13)16(26-8-10-27-11-9-26)12-24-18(23)25-14-3-5-15(6-4-14)28-19(20,21)22/h2-7,16H,8-12H2,1H3,(H3,23,24,25). The largest absolute Gasteiger partial charge is 0.573 e. The fourth-order valence-corrected chi connectivity index (χ4v) is 4.02. The topological polar surface area (TPSA) is 72.1 Å². The molecule has 1 aromatic carbocycles. The second-order valence-electron chi connectivity index (χ2n) is 6.54. The molecule has 6 nitrogen and oxygen atoms in total. The van der Waals surface area contributed by atoms with Gasteiger partial charge < -0.3 is 20.5 Å². The Balaban J connectivity index is 1.64. The van der Waals surface area contributed by atoms with E-state index in [9.17, 15) is 13.2 Å². The van der Waals surface area contributed by atoms with Crippen LogP contribution in [0.15, 0.2) is 41.4 Å². The second kappa shape index (κ2) is 9.47. The molecule has 0 radical (unpaired) electrons. The minimum atomic E-state index is -4.72. The molecule has 0 aliphatic carbocycles. The maximum absolute atomic E-state index is 12.2. The van der Waals surface area contributed by atoms with E-state index in [0.717, 1.165) is 13.1 Å². The van der Waals surface area contributed by atoms with Crippen molar-refractivity contribution < 1.29 is 22.6 Å². The van der Waals surface area contributed by atoms with E-state index in [0.29, 0.717) is 25.4 Å². The van der Waals surface area contributed by atoms with E-state index in [1.807, 2.05) is 0 Å². The summed E-state index contributed by atoms with van der Waals surface area (Å²) in [7, 11) is 0. The average Bonchev–Trinajstić information content (AvgIpc) is 3.09. The maximum Gasteiger partial charge on any atom is 0.573 e. The summed E-state index contributed by atoms with van der Waals surface area (Å²) in [6.45, 7) is 5.55. The average molecular weight is 428 g/mol. The second-order valence-corrected chi connectivity index (χ2v) is 7.86. The van der Waals surface area contributed by atoms with E-state index in [1.165, 1.54) is 34.0 Å². The Bertz CT molecular complexity index is 818. The molecule has 0 spiro atoms. The number of alkyl halides is 3. The van der Waals surface area contributed by atoms with Crippen molar-refractivity contribution in [1.82, 2.24) is 4.90 Å². The van der Waals surface area contributed by atoms with Crippen LogP contribution in [0.2, 0.25) is 0 Å². The van der Waals surface area contributed by atoms with Crippen LogP contribution < -0.4 is 15.8 Å². The number of halogens is 3. The number of nitrogens with two attached hydrogens (primary N) is 1. The lowest BCUT2D eigenvalue weighted by Gasteiger charge is -2.33. The number of aryl methyl sites for hydroxylation is 1. The zero-order valence-electron chi connectivity index (χ0n) is 15.9. The predicted octanol–water partition coefficient (Wildman–Crippen LogP) is 3.76. The van der Waals surface area contributed by atoms with Crippen LogP contribution in [0.3, 0.4) is 0 Å². The summed E-state index contributed by atoms with van der Waals surface area (Å²) in [4.78, 5) is 9.24. The van der Waals surface area contributed by atoms with Crippen molar-refractivity contribution in [3.8, 4) is 5.75 Å². The van der Waals surface area contributed by atoms with Crippen molar-refractivity contribution in [1.29, 1.82) is 0 Å². The first-order valence-electron chi connectivity index (χ1n) is 9.11. The third-order valence-electron chi connectivity index (χ3n) is 4.37. The van der Waals surface area contributed by atoms with Gasteiger partial charge in [-0.2, -0.15) is 0 Å². The maximum atomic E-state index is 12.2. The smallest absolute Gasteiger partial charge is 0.406 e. The number of anilines is 1. The van der Waals surface area contributed by atoms with Gasteiger partial charge in [-0.1, -0.05) is 0 Å². The lowest BCUT2D eigenvalue weighted by molar-refractivity contribution is -0.274. The number of guanidine groups is 1. The number of nitrogens with zero attached hydrogens (tertiary/aromatic N) is 2. The number of nitrogens with one attached hydrogen (secondary N) is 1. The molecule has 29 heavy (non-hydrogen) atoms. The van der Waals surface area contributed by atoms with Crippen LogP contribution in [-0.4, -0.2) is 50.1 Å². The summed E-state index contributed by atoms with van der Waals surface area (Å²) in [5, 5.41) is 2.90. The zero-order valence-corrected chi connectivity index (χ0v) is 16.7. The highest BCUT2D eigenvalue weighted by atomic mass is 32.1. The lowest BCUT2D eigenvalue weighted by Crippen LogP contribution is -2.40. The van der Waals surface area contributed by atoms with Crippen LogP contribution in [-0.2, 0) is 4.74 Å². The van der Waals surface area contributed by atoms with Gasteiger partial charge in [-0.15, -0.1) is 24.5 Å². The highest BCUT2D eigenvalue weighted by molar-refractivity contribution is 7.12. The van der Waals surface area contributed by atoms with Gasteiger partial charge in [0, 0.05) is 28.5 Å². The zero-order chi connectivity index (χ0) is 20.9. The van der Waals surface area contributed by atoms with Gasteiger partial charge in [0.2, 0.25) is 0 Å². The number of thiophene rings is 1. The lowest BCUT2D eigenvalue weighted by atomic mass is 10.2. The summed E-state index contributed by atoms with van der Waals surface area (Å²) < 4.78 is 46.0. The third kappa shape index (κ3) is 6.62.